The number of thioether (sulfide) groups is 1. The summed E-state index contributed by atoms with van der Waals surface area (Å²) >= 11 is 6.54. The van der Waals surface area contributed by atoms with Gasteiger partial charge in [-0.05, 0) is 31.9 Å². The summed E-state index contributed by atoms with van der Waals surface area (Å²) in [4.78, 5) is 29.3. The minimum Gasteiger partial charge on any atom is -0.337 e. The third kappa shape index (κ3) is 4.31. The highest BCUT2D eigenvalue weighted by atomic mass is 32.2. The average molecular weight is 439 g/mol. The Kier molecular flexibility index (Phi) is 6.26. The van der Waals surface area contributed by atoms with Gasteiger partial charge in [0.1, 0.15) is 10.4 Å². The Bertz CT molecular complexity index is 928. The van der Waals surface area contributed by atoms with Gasteiger partial charge in [0.15, 0.2) is 9.84 Å². The molecule has 2 fully saturated rings. The first-order chi connectivity index (χ1) is 13.2. The van der Waals surface area contributed by atoms with Crippen LogP contribution in [0.1, 0.15) is 25.8 Å². The van der Waals surface area contributed by atoms with E-state index in [4.69, 9.17) is 12.2 Å². The molecule has 2 unspecified atom stereocenters. The van der Waals surface area contributed by atoms with Gasteiger partial charge in [-0.25, -0.2) is 8.42 Å². The quantitative estimate of drug-likeness (QED) is 0.519. The third-order valence-corrected chi connectivity index (χ3v) is 8.02. The van der Waals surface area contributed by atoms with Crippen LogP contribution in [0.5, 0.6) is 0 Å². The van der Waals surface area contributed by atoms with E-state index in [0.717, 1.165) is 5.56 Å². The van der Waals surface area contributed by atoms with Crippen LogP contribution in [0, 0.1) is 0 Å². The molecule has 0 aliphatic carbocycles. The number of likely N-dealkylation sites (N-methyl/N-ethyl adjacent to an activating group) is 1. The fraction of sp³-hybridized carbons (Fsp3) is 0.421. The molecular weight excluding hydrogens is 416 g/mol. The molecule has 2 atom stereocenters. The molecule has 9 heteroatoms. The van der Waals surface area contributed by atoms with Gasteiger partial charge in [0.2, 0.25) is 5.91 Å². The molecule has 0 radical (unpaired) electrons. The Balaban J connectivity index is 1.78. The lowest BCUT2D eigenvalue weighted by molar-refractivity contribution is -0.140. The van der Waals surface area contributed by atoms with Crippen molar-refractivity contribution in [2.45, 2.75) is 32.4 Å². The van der Waals surface area contributed by atoms with Crippen molar-refractivity contribution in [2.24, 2.45) is 0 Å². The van der Waals surface area contributed by atoms with E-state index in [0.29, 0.717) is 22.2 Å². The maximum Gasteiger partial charge on any atom is 0.266 e. The molecule has 2 aliphatic rings. The molecule has 0 N–H and O–H groups in total. The molecule has 28 heavy (non-hydrogen) atoms. The number of nitrogens with zero attached hydrogens (tertiary/aromatic N) is 2. The second-order valence-corrected chi connectivity index (χ2v) is 10.7. The monoisotopic (exact) mass is 438 g/mol. The molecule has 150 valence electrons. The van der Waals surface area contributed by atoms with Crippen molar-refractivity contribution in [3.63, 3.8) is 0 Å². The highest BCUT2D eigenvalue weighted by Crippen LogP contribution is 2.34. The second-order valence-electron chi connectivity index (χ2n) is 6.82. The fourth-order valence-corrected chi connectivity index (χ4v) is 6.63. The van der Waals surface area contributed by atoms with Crippen molar-refractivity contribution in [1.82, 2.24) is 9.80 Å². The lowest BCUT2D eigenvalue weighted by Gasteiger charge is -2.32. The van der Waals surface area contributed by atoms with Gasteiger partial charge >= 0.3 is 0 Å². The molecule has 6 nitrogen and oxygen atoms in total. The Morgan fingerprint density at radius 2 is 2.07 bits per heavy atom. The third-order valence-electron chi connectivity index (χ3n) is 4.94. The van der Waals surface area contributed by atoms with E-state index in [9.17, 15) is 18.0 Å². The van der Waals surface area contributed by atoms with E-state index in [1.807, 2.05) is 37.3 Å². The topological polar surface area (TPSA) is 74.8 Å². The molecule has 2 saturated heterocycles. The van der Waals surface area contributed by atoms with Crippen LogP contribution >= 0.6 is 24.0 Å². The number of carbonyl (C=O) groups is 2. The molecule has 1 aromatic rings. The number of rotatable bonds is 5. The zero-order valence-electron chi connectivity index (χ0n) is 15.7. The van der Waals surface area contributed by atoms with Gasteiger partial charge in [0, 0.05) is 12.6 Å². The van der Waals surface area contributed by atoms with E-state index in [2.05, 4.69) is 0 Å². The van der Waals surface area contributed by atoms with Crippen LogP contribution in [0.15, 0.2) is 35.2 Å². The Morgan fingerprint density at radius 3 is 2.64 bits per heavy atom. The van der Waals surface area contributed by atoms with Crippen LogP contribution in [0.2, 0.25) is 0 Å². The first-order valence-corrected chi connectivity index (χ1v) is 12.1. The van der Waals surface area contributed by atoms with Crippen LogP contribution in [0.4, 0.5) is 0 Å². The minimum absolute atomic E-state index is 0.0222. The van der Waals surface area contributed by atoms with Crippen LogP contribution in [0.25, 0.3) is 6.08 Å². The molecule has 0 bridgehead atoms. The fourth-order valence-electron chi connectivity index (χ4n) is 3.48. The average Bonchev–Trinajstić information content (AvgIpc) is 3.14. The lowest BCUT2D eigenvalue weighted by Crippen LogP contribution is -2.52. The van der Waals surface area contributed by atoms with E-state index in [-0.39, 0.29) is 29.4 Å². The maximum absolute atomic E-state index is 13.1. The summed E-state index contributed by atoms with van der Waals surface area (Å²) in [5, 5.41) is 0. The standard InChI is InChI=1S/C19H22N2O4S3/c1-3-20(15-9-10-28(24,25)12-15)17(22)13(2)21-18(23)16(27-19(21)26)11-14-7-5-4-6-8-14/h4-8,11,13,15H,3,9-10,12H2,1-2H3/b16-11+. The zero-order valence-corrected chi connectivity index (χ0v) is 18.1. The normalized spacial score (nSPS) is 24.0. The summed E-state index contributed by atoms with van der Waals surface area (Å²) in [5.74, 6) is -0.501. The van der Waals surface area contributed by atoms with E-state index < -0.39 is 15.9 Å². The smallest absolute Gasteiger partial charge is 0.266 e. The number of thiocarbonyl (C=S) groups is 1. The van der Waals surface area contributed by atoms with Gasteiger partial charge in [0.25, 0.3) is 5.91 Å². The summed E-state index contributed by atoms with van der Waals surface area (Å²) in [7, 11) is -3.11. The number of benzene rings is 1. The largest absolute Gasteiger partial charge is 0.337 e. The Morgan fingerprint density at radius 1 is 1.39 bits per heavy atom. The van der Waals surface area contributed by atoms with Gasteiger partial charge in [-0.1, -0.05) is 54.3 Å². The molecule has 1 aromatic carbocycles. The van der Waals surface area contributed by atoms with Crippen molar-refractivity contribution < 1.29 is 18.0 Å². The highest BCUT2D eigenvalue weighted by molar-refractivity contribution is 8.26. The first kappa shape index (κ1) is 21.0. The summed E-state index contributed by atoms with van der Waals surface area (Å²) < 4.78 is 23.9. The minimum atomic E-state index is -3.11. The molecule has 2 aliphatic heterocycles. The first-order valence-electron chi connectivity index (χ1n) is 9.06. The van der Waals surface area contributed by atoms with Crippen molar-refractivity contribution in [1.29, 1.82) is 0 Å². The summed E-state index contributed by atoms with van der Waals surface area (Å²) in [5.41, 5.74) is 0.883. The molecule has 0 aromatic heterocycles. The van der Waals surface area contributed by atoms with E-state index >= 15 is 0 Å². The van der Waals surface area contributed by atoms with Gasteiger partial charge < -0.3 is 4.90 Å². The van der Waals surface area contributed by atoms with Gasteiger partial charge in [0.05, 0.1) is 16.4 Å². The van der Waals surface area contributed by atoms with E-state index in [1.54, 1.807) is 17.9 Å². The SMILES string of the molecule is CCN(C(=O)C(C)N1C(=O)/C(=C\c2ccccc2)SC1=S)C1CCS(=O)(=O)C1. The van der Waals surface area contributed by atoms with E-state index in [1.165, 1.54) is 16.7 Å². The second kappa shape index (κ2) is 8.34. The van der Waals surface area contributed by atoms with Crippen LogP contribution in [-0.4, -0.2) is 64.5 Å². The van der Waals surface area contributed by atoms with Crippen LogP contribution in [0.3, 0.4) is 0 Å². The molecular formula is C19H22N2O4S3. The number of sulfone groups is 1. The van der Waals surface area contributed by atoms with Gasteiger partial charge in [-0.15, -0.1) is 0 Å². The Hall–Kier alpha value is -1.71. The Labute approximate surface area is 174 Å². The van der Waals surface area contributed by atoms with Crippen molar-refractivity contribution in [2.75, 3.05) is 18.1 Å². The molecule has 3 rings (SSSR count). The van der Waals surface area contributed by atoms with Crippen LogP contribution in [-0.2, 0) is 19.4 Å². The molecule has 2 heterocycles. The number of hydrogen-bond donors (Lipinski definition) is 0. The maximum atomic E-state index is 13.1. The summed E-state index contributed by atoms with van der Waals surface area (Å²) in [6, 6.07) is 8.31. The number of carbonyl (C=O) groups excluding carboxylic acids is 2. The summed E-state index contributed by atoms with van der Waals surface area (Å²) in [6.07, 6.45) is 2.19. The molecule has 0 spiro atoms. The predicted molar refractivity (Wildman–Crippen MR) is 115 cm³/mol. The zero-order chi connectivity index (χ0) is 20.5. The lowest BCUT2D eigenvalue weighted by atomic mass is 10.1. The highest BCUT2D eigenvalue weighted by Gasteiger charge is 2.42. The number of hydrogen-bond acceptors (Lipinski definition) is 6. The van der Waals surface area contributed by atoms with Crippen LogP contribution < -0.4 is 0 Å². The predicted octanol–water partition coefficient (Wildman–Crippen LogP) is 2.31. The molecule has 0 saturated carbocycles. The summed E-state index contributed by atoms with van der Waals surface area (Å²) in [6.45, 7) is 3.85. The van der Waals surface area contributed by atoms with Crippen molar-refractivity contribution in [3.05, 3.63) is 40.8 Å². The van der Waals surface area contributed by atoms with Crippen molar-refractivity contribution in [3.8, 4) is 0 Å². The van der Waals surface area contributed by atoms with Gasteiger partial charge in [-0.3, -0.25) is 14.5 Å². The van der Waals surface area contributed by atoms with Crippen molar-refractivity contribution >= 4 is 56.0 Å². The number of amides is 2. The van der Waals surface area contributed by atoms with Gasteiger partial charge in [-0.2, -0.15) is 0 Å². The molecule has 2 amide bonds.